The molecule has 0 saturated carbocycles. The molecule has 19 heavy (non-hydrogen) atoms. The fourth-order valence-corrected chi connectivity index (χ4v) is 2.00. The lowest BCUT2D eigenvalue weighted by atomic mass is 9.89. The van der Waals surface area contributed by atoms with Crippen LogP contribution in [0.3, 0.4) is 0 Å². The zero-order valence-electron chi connectivity index (χ0n) is 12.6. The van der Waals surface area contributed by atoms with E-state index in [0.29, 0.717) is 5.92 Å². The third-order valence-electron chi connectivity index (χ3n) is 3.30. The van der Waals surface area contributed by atoms with E-state index in [2.05, 4.69) is 32.0 Å². The number of ether oxygens (including phenoxy) is 1. The van der Waals surface area contributed by atoms with Gasteiger partial charge in [0.25, 0.3) is 0 Å². The van der Waals surface area contributed by atoms with Crippen molar-refractivity contribution < 1.29 is 4.74 Å². The third kappa shape index (κ3) is 5.34. The Balaban J connectivity index is 2.37. The monoisotopic (exact) mass is 259 g/mol. The Morgan fingerprint density at radius 2 is 1.89 bits per heavy atom. The zero-order chi connectivity index (χ0) is 14.3. The van der Waals surface area contributed by atoms with Crippen LogP contribution in [0.5, 0.6) is 5.75 Å². The summed E-state index contributed by atoms with van der Waals surface area (Å²) in [5.41, 5.74) is 1.05. The number of hydrogen-bond donors (Lipinski definition) is 0. The van der Waals surface area contributed by atoms with Crippen molar-refractivity contribution in [3.63, 3.8) is 0 Å². The van der Waals surface area contributed by atoms with Gasteiger partial charge in [-0.15, -0.1) is 0 Å². The van der Waals surface area contributed by atoms with Gasteiger partial charge < -0.3 is 4.74 Å². The molecule has 2 nitrogen and oxygen atoms in total. The van der Waals surface area contributed by atoms with Gasteiger partial charge in [0, 0.05) is 0 Å². The molecule has 104 valence electrons. The predicted molar refractivity (Wildman–Crippen MR) is 79.3 cm³/mol. The molecule has 0 fully saturated rings. The fraction of sp³-hybridized carbons (Fsp3) is 0.588. The molecule has 1 aromatic rings. The second-order valence-electron chi connectivity index (χ2n) is 5.99. The van der Waals surface area contributed by atoms with Crippen molar-refractivity contribution in [1.29, 1.82) is 5.26 Å². The summed E-state index contributed by atoms with van der Waals surface area (Å²) in [6.07, 6.45) is 2.96. The van der Waals surface area contributed by atoms with Crippen LogP contribution < -0.4 is 4.74 Å². The summed E-state index contributed by atoms with van der Waals surface area (Å²) in [5.74, 6) is 1.48. The molecule has 1 rings (SSSR count). The summed E-state index contributed by atoms with van der Waals surface area (Å²) < 4.78 is 5.86. The summed E-state index contributed by atoms with van der Waals surface area (Å²) in [7, 11) is 0. The second kappa shape index (κ2) is 7.19. The van der Waals surface area contributed by atoms with E-state index in [0.717, 1.165) is 31.6 Å². The van der Waals surface area contributed by atoms with Gasteiger partial charge in [-0.2, -0.15) is 5.26 Å². The Bertz CT molecular complexity index is 429. The van der Waals surface area contributed by atoms with Crippen molar-refractivity contribution >= 4 is 0 Å². The number of para-hydroxylation sites is 1. The molecule has 1 aromatic carbocycles. The van der Waals surface area contributed by atoms with Crippen LogP contribution in [0.4, 0.5) is 0 Å². The standard InChI is InChI=1S/C17H25NO/c1-14(2)15-9-5-6-10-16(15)19-12-8-7-11-17(3,4)13-18/h5-6,9-10,14H,7-8,11-12H2,1-4H3. The Hall–Kier alpha value is -1.49. The Labute approximate surface area is 117 Å². The van der Waals surface area contributed by atoms with Gasteiger partial charge in [-0.25, -0.2) is 0 Å². The maximum atomic E-state index is 8.94. The summed E-state index contributed by atoms with van der Waals surface area (Å²) in [4.78, 5) is 0. The normalized spacial score (nSPS) is 11.4. The average Bonchev–Trinajstić information content (AvgIpc) is 2.38. The lowest BCUT2D eigenvalue weighted by molar-refractivity contribution is 0.291. The summed E-state index contributed by atoms with van der Waals surface area (Å²) >= 11 is 0. The second-order valence-corrected chi connectivity index (χ2v) is 5.99. The molecule has 0 bridgehead atoms. The highest BCUT2D eigenvalue weighted by Crippen LogP contribution is 2.26. The molecule has 0 unspecified atom stereocenters. The Morgan fingerprint density at radius 1 is 1.21 bits per heavy atom. The molecule has 0 aliphatic rings. The first kappa shape index (κ1) is 15.6. The summed E-state index contributed by atoms with van der Waals surface area (Å²) in [6, 6.07) is 10.6. The van der Waals surface area contributed by atoms with E-state index < -0.39 is 0 Å². The molecule has 0 radical (unpaired) electrons. The maximum Gasteiger partial charge on any atom is 0.122 e. The first-order chi connectivity index (χ1) is 8.96. The number of benzene rings is 1. The molecule has 0 aliphatic heterocycles. The molecule has 0 aromatic heterocycles. The molecular formula is C17H25NO. The van der Waals surface area contributed by atoms with Crippen molar-refractivity contribution in [3.8, 4) is 11.8 Å². The van der Waals surface area contributed by atoms with E-state index in [4.69, 9.17) is 10.00 Å². The highest BCUT2D eigenvalue weighted by molar-refractivity contribution is 5.35. The fourth-order valence-electron chi connectivity index (χ4n) is 2.00. The quantitative estimate of drug-likeness (QED) is 0.652. The number of unbranched alkanes of at least 4 members (excludes halogenated alkanes) is 1. The molecule has 0 amide bonds. The van der Waals surface area contributed by atoms with Crippen LogP contribution in [-0.2, 0) is 0 Å². The molecule has 0 spiro atoms. The molecule has 0 saturated heterocycles. The lowest BCUT2D eigenvalue weighted by Crippen LogP contribution is -2.08. The highest BCUT2D eigenvalue weighted by Gasteiger charge is 2.15. The number of rotatable bonds is 7. The molecular weight excluding hydrogens is 234 g/mol. The van der Waals surface area contributed by atoms with E-state index in [9.17, 15) is 0 Å². The van der Waals surface area contributed by atoms with E-state index in [1.165, 1.54) is 5.56 Å². The van der Waals surface area contributed by atoms with E-state index in [1.54, 1.807) is 0 Å². The molecule has 0 atom stereocenters. The number of nitriles is 1. The largest absolute Gasteiger partial charge is 0.493 e. The van der Waals surface area contributed by atoms with Crippen LogP contribution >= 0.6 is 0 Å². The van der Waals surface area contributed by atoms with Gasteiger partial charge in [-0.3, -0.25) is 0 Å². The smallest absolute Gasteiger partial charge is 0.122 e. The molecule has 0 aliphatic carbocycles. The van der Waals surface area contributed by atoms with E-state index >= 15 is 0 Å². The van der Waals surface area contributed by atoms with Crippen LogP contribution in [0.1, 0.15) is 58.4 Å². The van der Waals surface area contributed by atoms with Crippen LogP contribution in [0.2, 0.25) is 0 Å². The Morgan fingerprint density at radius 3 is 2.53 bits per heavy atom. The third-order valence-corrected chi connectivity index (χ3v) is 3.30. The molecule has 2 heteroatoms. The van der Waals surface area contributed by atoms with Gasteiger partial charge in [0.15, 0.2) is 0 Å². The topological polar surface area (TPSA) is 33.0 Å². The minimum Gasteiger partial charge on any atom is -0.493 e. The van der Waals surface area contributed by atoms with E-state index in [1.807, 2.05) is 26.0 Å². The summed E-state index contributed by atoms with van der Waals surface area (Å²) in [6.45, 7) is 9.06. The molecule has 0 heterocycles. The minimum absolute atomic E-state index is 0.212. The van der Waals surface area contributed by atoms with Crippen LogP contribution in [0.15, 0.2) is 24.3 Å². The van der Waals surface area contributed by atoms with E-state index in [-0.39, 0.29) is 5.41 Å². The van der Waals surface area contributed by atoms with Crippen molar-refractivity contribution in [1.82, 2.24) is 0 Å². The van der Waals surface area contributed by atoms with Crippen LogP contribution in [0.25, 0.3) is 0 Å². The summed E-state index contributed by atoms with van der Waals surface area (Å²) in [5, 5.41) is 8.94. The van der Waals surface area contributed by atoms with Crippen molar-refractivity contribution in [2.45, 2.75) is 52.9 Å². The van der Waals surface area contributed by atoms with Crippen molar-refractivity contribution in [2.24, 2.45) is 5.41 Å². The maximum absolute atomic E-state index is 8.94. The van der Waals surface area contributed by atoms with Gasteiger partial charge >= 0.3 is 0 Å². The number of hydrogen-bond acceptors (Lipinski definition) is 2. The Kier molecular flexibility index (Phi) is 5.89. The molecule has 0 N–H and O–H groups in total. The van der Waals surface area contributed by atoms with Crippen LogP contribution in [-0.4, -0.2) is 6.61 Å². The minimum atomic E-state index is -0.212. The van der Waals surface area contributed by atoms with Gasteiger partial charge in [-0.1, -0.05) is 32.0 Å². The van der Waals surface area contributed by atoms with Crippen LogP contribution in [0, 0.1) is 16.7 Å². The SMILES string of the molecule is CC(C)c1ccccc1OCCCCC(C)(C)C#N. The first-order valence-electron chi connectivity index (χ1n) is 7.09. The van der Waals surface area contributed by atoms with Gasteiger partial charge in [-0.05, 0) is 50.7 Å². The van der Waals surface area contributed by atoms with Gasteiger partial charge in [0.1, 0.15) is 5.75 Å². The highest BCUT2D eigenvalue weighted by atomic mass is 16.5. The zero-order valence-corrected chi connectivity index (χ0v) is 12.6. The van der Waals surface area contributed by atoms with Gasteiger partial charge in [0.2, 0.25) is 0 Å². The number of nitrogens with zero attached hydrogens (tertiary/aromatic N) is 1. The van der Waals surface area contributed by atoms with Crippen molar-refractivity contribution in [3.05, 3.63) is 29.8 Å². The van der Waals surface area contributed by atoms with Crippen molar-refractivity contribution in [2.75, 3.05) is 6.61 Å². The van der Waals surface area contributed by atoms with Gasteiger partial charge in [0.05, 0.1) is 18.1 Å². The predicted octanol–water partition coefficient (Wildman–Crippen LogP) is 4.91. The first-order valence-corrected chi connectivity index (χ1v) is 7.09. The lowest BCUT2D eigenvalue weighted by Gasteiger charge is -2.16. The average molecular weight is 259 g/mol.